The second-order valence-corrected chi connectivity index (χ2v) is 5.61. The monoisotopic (exact) mass is 341 g/mol. The highest BCUT2D eigenvalue weighted by Gasteiger charge is 2.49. The molecule has 0 unspecified atom stereocenters. The van der Waals surface area contributed by atoms with Crippen molar-refractivity contribution in [1.82, 2.24) is 0 Å². The highest BCUT2D eigenvalue weighted by molar-refractivity contribution is 4.95. The zero-order chi connectivity index (χ0) is 17.3. The van der Waals surface area contributed by atoms with E-state index in [0.717, 1.165) is 0 Å². The van der Waals surface area contributed by atoms with Crippen LogP contribution in [0.5, 0.6) is 0 Å². The lowest BCUT2D eigenvalue weighted by molar-refractivity contribution is -0.340. The molecular weight excluding hydrogens is 318 g/mol. The molecule has 2 rings (SSSR count). The lowest BCUT2D eigenvalue weighted by Gasteiger charge is -2.45. The highest BCUT2D eigenvalue weighted by Crippen LogP contribution is 2.27. The zero-order valence-corrected chi connectivity index (χ0v) is 12.1. The van der Waals surface area contributed by atoms with Crippen LogP contribution in [0.15, 0.2) is 0 Å². The van der Waals surface area contributed by atoms with Crippen molar-refractivity contribution in [2.75, 3.05) is 13.2 Å². The van der Waals surface area contributed by atoms with Gasteiger partial charge in [-0.15, -0.1) is 0 Å². The Bertz CT molecular complexity index is 385. The number of rotatable bonds is 4. The van der Waals surface area contributed by atoms with E-state index in [1.165, 1.54) is 0 Å². The standard InChI is InChI=1S/C12H23NO10/c13-5-10(7(17)4(2-15)21-11(5)20)23-12-9(19)8(18)6(16)3(1-14)22-12/h3-12,14-20H,1-2,13H2/t3-,4-,5-,6-,7-,8+,9-,10-,11-,12+/m1/s1. The molecule has 0 radical (unpaired) electrons. The van der Waals surface area contributed by atoms with Gasteiger partial charge in [0, 0.05) is 0 Å². The summed E-state index contributed by atoms with van der Waals surface area (Å²) in [5, 5.41) is 67.3. The van der Waals surface area contributed by atoms with Gasteiger partial charge >= 0.3 is 0 Å². The molecule has 2 fully saturated rings. The molecule has 0 amide bonds. The number of aliphatic hydroxyl groups excluding tert-OH is 7. The van der Waals surface area contributed by atoms with Gasteiger partial charge in [0.05, 0.1) is 19.3 Å². The highest BCUT2D eigenvalue weighted by atomic mass is 16.7. The average molecular weight is 341 g/mol. The van der Waals surface area contributed by atoms with E-state index in [1.54, 1.807) is 0 Å². The van der Waals surface area contributed by atoms with Crippen LogP contribution < -0.4 is 5.73 Å². The number of nitrogens with two attached hydrogens (primary N) is 1. The molecule has 0 spiro atoms. The summed E-state index contributed by atoms with van der Waals surface area (Å²) in [6.45, 7) is -1.26. The van der Waals surface area contributed by atoms with Gasteiger partial charge in [-0.3, -0.25) is 0 Å². The van der Waals surface area contributed by atoms with Gasteiger partial charge in [0.15, 0.2) is 12.6 Å². The third-order valence-corrected chi connectivity index (χ3v) is 4.06. The van der Waals surface area contributed by atoms with Gasteiger partial charge in [-0.1, -0.05) is 0 Å². The van der Waals surface area contributed by atoms with Crippen molar-refractivity contribution in [2.24, 2.45) is 5.73 Å². The van der Waals surface area contributed by atoms with E-state index in [-0.39, 0.29) is 0 Å². The van der Waals surface area contributed by atoms with Crippen molar-refractivity contribution in [3.05, 3.63) is 0 Å². The smallest absolute Gasteiger partial charge is 0.187 e. The molecule has 10 atom stereocenters. The van der Waals surface area contributed by atoms with E-state index in [4.69, 9.17) is 30.2 Å². The van der Waals surface area contributed by atoms with E-state index in [1.807, 2.05) is 0 Å². The van der Waals surface area contributed by atoms with Crippen LogP contribution in [0.3, 0.4) is 0 Å². The lowest BCUT2D eigenvalue weighted by Crippen LogP contribution is -2.66. The molecular formula is C12H23NO10. The topological polar surface area (TPSA) is 195 Å². The first kappa shape index (κ1) is 18.9. The van der Waals surface area contributed by atoms with E-state index in [2.05, 4.69) is 0 Å². The minimum atomic E-state index is -1.68. The maximum atomic E-state index is 10.1. The first-order valence-electron chi connectivity index (χ1n) is 7.15. The summed E-state index contributed by atoms with van der Waals surface area (Å²) in [5.74, 6) is 0. The molecule has 2 aliphatic heterocycles. The minimum Gasteiger partial charge on any atom is -0.394 e. The second kappa shape index (κ2) is 7.63. The molecule has 0 aromatic rings. The fourth-order valence-electron chi connectivity index (χ4n) is 2.61. The van der Waals surface area contributed by atoms with Crippen LogP contribution in [0.1, 0.15) is 0 Å². The number of hydrogen-bond acceptors (Lipinski definition) is 11. The first-order chi connectivity index (χ1) is 10.8. The normalized spacial score (nSPS) is 51.7. The first-order valence-corrected chi connectivity index (χ1v) is 7.15. The molecule has 9 N–H and O–H groups in total. The molecule has 2 heterocycles. The molecule has 23 heavy (non-hydrogen) atoms. The fraction of sp³-hybridized carbons (Fsp3) is 1.00. The molecule has 11 nitrogen and oxygen atoms in total. The van der Waals surface area contributed by atoms with Gasteiger partial charge in [0.1, 0.15) is 42.7 Å². The van der Waals surface area contributed by atoms with Crippen molar-refractivity contribution in [2.45, 2.75) is 61.3 Å². The van der Waals surface area contributed by atoms with Crippen LogP contribution in [0, 0.1) is 0 Å². The zero-order valence-electron chi connectivity index (χ0n) is 12.1. The van der Waals surface area contributed by atoms with Crippen molar-refractivity contribution >= 4 is 0 Å². The Balaban J connectivity index is 2.11. The maximum Gasteiger partial charge on any atom is 0.187 e. The van der Waals surface area contributed by atoms with Gasteiger partial charge in [0.2, 0.25) is 0 Å². The lowest BCUT2D eigenvalue weighted by atomic mass is 9.96. The van der Waals surface area contributed by atoms with E-state index in [9.17, 15) is 25.5 Å². The molecule has 0 aliphatic carbocycles. The van der Waals surface area contributed by atoms with Gasteiger partial charge < -0.3 is 55.7 Å². The maximum absolute atomic E-state index is 10.1. The number of hydrogen-bond donors (Lipinski definition) is 8. The summed E-state index contributed by atoms with van der Waals surface area (Å²) in [5.41, 5.74) is 5.68. The third-order valence-electron chi connectivity index (χ3n) is 4.06. The Hall–Kier alpha value is -0.440. The van der Waals surface area contributed by atoms with Gasteiger partial charge in [-0.2, -0.15) is 0 Å². The molecule has 0 saturated carbocycles. The summed E-state index contributed by atoms with van der Waals surface area (Å²) in [7, 11) is 0. The van der Waals surface area contributed by atoms with Gasteiger partial charge in [0.25, 0.3) is 0 Å². The summed E-state index contributed by atoms with van der Waals surface area (Å²) in [6.07, 6.45) is -13.0. The van der Waals surface area contributed by atoms with Crippen molar-refractivity contribution in [1.29, 1.82) is 0 Å². The number of ether oxygens (including phenoxy) is 3. The third kappa shape index (κ3) is 3.65. The van der Waals surface area contributed by atoms with Gasteiger partial charge in [-0.25, -0.2) is 0 Å². The molecule has 0 bridgehead atoms. The number of aliphatic hydroxyl groups is 7. The Morgan fingerprint density at radius 1 is 0.783 bits per heavy atom. The molecule has 0 aromatic carbocycles. The van der Waals surface area contributed by atoms with Crippen LogP contribution in [-0.4, -0.2) is 110 Å². The summed E-state index contributed by atoms with van der Waals surface area (Å²) in [4.78, 5) is 0. The van der Waals surface area contributed by atoms with Crippen LogP contribution in [0.2, 0.25) is 0 Å². The van der Waals surface area contributed by atoms with Crippen molar-refractivity contribution in [3.8, 4) is 0 Å². The Morgan fingerprint density at radius 2 is 1.35 bits per heavy atom. The predicted octanol–water partition coefficient (Wildman–Crippen LogP) is -5.43. The average Bonchev–Trinajstić information content (AvgIpc) is 2.54. The van der Waals surface area contributed by atoms with Gasteiger partial charge in [-0.05, 0) is 0 Å². The predicted molar refractivity (Wildman–Crippen MR) is 70.6 cm³/mol. The summed E-state index contributed by atoms with van der Waals surface area (Å²) >= 11 is 0. The van der Waals surface area contributed by atoms with E-state index >= 15 is 0 Å². The quantitative estimate of drug-likeness (QED) is 0.243. The molecule has 2 saturated heterocycles. The van der Waals surface area contributed by atoms with Crippen LogP contribution in [0.25, 0.3) is 0 Å². The molecule has 11 heteroatoms. The SMILES string of the molecule is N[C@@H]1[C@@H](O[C@@H]2O[C@H](CO)[C@@H](O)[C@H](O)[C@H]2O)[C@H](O)[C@@H](CO)O[C@H]1O. The molecule has 136 valence electrons. The van der Waals surface area contributed by atoms with E-state index < -0.39 is 74.6 Å². The largest absolute Gasteiger partial charge is 0.394 e. The van der Waals surface area contributed by atoms with Crippen LogP contribution >= 0.6 is 0 Å². The van der Waals surface area contributed by atoms with Crippen molar-refractivity contribution in [3.63, 3.8) is 0 Å². The van der Waals surface area contributed by atoms with E-state index in [0.29, 0.717) is 0 Å². The molecule has 2 aliphatic rings. The Labute approximate surface area is 131 Å². The Kier molecular flexibility index (Phi) is 6.27. The molecule has 0 aromatic heterocycles. The fourth-order valence-corrected chi connectivity index (χ4v) is 2.61. The second-order valence-electron chi connectivity index (χ2n) is 5.61. The summed E-state index contributed by atoms with van der Waals surface area (Å²) in [6, 6.07) is -1.22. The summed E-state index contributed by atoms with van der Waals surface area (Å²) < 4.78 is 15.4. The minimum absolute atomic E-state index is 0.612. The Morgan fingerprint density at radius 3 is 1.91 bits per heavy atom. The van der Waals surface area contributed by atoms with Crippen LogP contribution in [0.4, 0.5) is 0 Å². The van der Waals surface area contributed by atoms with Crippen LogP contribution in [-0.2, 0) is 14.2 Å². The van der Waals surface area contributed by atoms with Crippen molar-refractivity contribution < 1.29 is 50.0 Å².